The van der Waals surface area contributed by atoms with Crippen LogP contribution in [0.2, 0.25) is 5.02 Å². The monoisotopic (exact) mass is 463 g/mol. The molecule has 0 spiro atoms. The number of carboxylic acids is 1. The van der Waals surface area contributed by atoms with Crippen LogP contribution in [0.5, 0.6) is 23.0 Å². The average Bonchev–Trinajstić information content (AvgIpc) is 2.80. The molecule has 8 heteroatoms. The number of halogens is 1. The molecule has 1 heterocycles. The van der Waals surface area contributed by atoms with E-state index in [1.165, 1.54) is 0 Å². The van der Waals surface area contributed by atoms with Crippen LogP contribution in [0.15, 0.2) is 30.3 Å². The topological polar surface area (TPSA) is 77.5 Å². The van der Waals surface area contributed by atoms with Crippen molar-refractivity contribution in [2.45, 2.75) is 25.8 Å². The van der Waals surface area contributed by atoms with Crippen LogP contribution in [0.4, 0.5) is 0 Å². The zero-order valence-corrected chi connectivity index (χ0v) is 19.6. The summed E-state index contributed by atoms with van der Waals surface area (Å²) in [6.07, 6.45) is 1.43. The lowest BCUT2D eigenvalue weighted by Gasteiger charge is -2.38. The lowest BCUT2D eigenvalue weighted by Crippen LogP contribution is -2.41. The largest absolute Gasteiger partial charge is 0.494 e. The number of aliphatic carboxylic acids is 1. The van der Waals surface area contributed by atoms with Crippen molar-refractivity contribution < 1.29 is 28.8 Å². The zero-order chi connectivity index (χ0) is 23.3. The number of nitrogens with zero attached hydrogens (tertiary/aromatic N) is 1. The quantitative estimate of drug-likeness (QED) is 0.579. The highest BCUT2D eigenvalue weighted by Gasteiger charge is 2.34. The summed E-state index contributed by atoms with van der Waals surface area (Å²) in [7, 11) is 4.70. The number of benzene rings is 2. The van der Waals surface area contributed by atoms with Gasteiger partial charge in [0, 0.05) is 17.1 Å². The van der Waals surface area contributed by atoms with Gasteiger partial charge in [0.1, 0.15) is 5.75 Å². The van der Waals surface area contributed by atoms with Gasteiger partial charge in [0.05, 0.1) is 39.9 Å². The minimum absolute atomic E-state index is 0.314. The molecule has 2 aromatic carbocycles. The molecule has 1 aliphatic heterocycles. The Balaban J connectivity index is 2.20. The van der Waals surface area contributed by atoms with Crippen LogP contribution in [0.1, 0.15) is 36.9 Å². The molecule has 7 nitrogen and oxygen atoms in total. The maximum atomic E-state index is 11.8. The smallest absolute Gasteiger partial charge is 0.307 e. The summed E-state index contributed by atoms with van der Waals surface area (Å²) in [6, 6.07) is 9.00. The Hall–Kier alpha value is -2.64. The molecule has 0 amide bonds. The third-order valence-corrected chi connectivity index (χ3v) is 5.97. The van der Waals surface area contributed by atoms with Gasteiger partial charge in [-0.05, 0) is 62.2 Å². The van der Waals surface area contributed by atoms with Crippen molar-refractivity contribution in [3.8, 4) is 23.0 Å². The molecular formula is C24H30ClNO6. The summed E-state index contributed by atoms with van der Waals surface area (Å²) in [5.74, 6) is 1.03. The van der Waals surface area contributed by atoms with Crippen LogP contribution < -0.4 is 18.9 Å². The van der Waals surface area contributed by atoms with Crippen molar-refractivity contribution in [2.24, 2.45) is 5.92 Å². The summed E-state index contributed by atoms with van der Waals surface area (Å²) in [5, 5.41) is 10.2. The van der Waals surface area contributed by atoms with Crippen LogP contribution in [-0.2, 0) is 4.79 Å². The second-order valence-electron chi connectivity index (χ2n) is 7.65. The summed E-state index contributed by atoms with van der Waals surface area (Å²) in [5.41, 5.74) is 1.73. The highest BCUT2D eigenvalue weighted by Crippen LogP contribution is 2.45. The van der Waals surface area contributed by atoms with Crippen LogP contribution in [0.3, 0.4) is 0 Å². The summed E-state index contributed by atoms with van der Waals surface area (Å²) >= 11 is 6.39. The number of ether oxygens (including phenoxy) is 4. The number of hydrogen-bond donors (Lipinski definition) is 1. The van der Waals surface area contributed by atoms with E-state index in [9.17, 15) is 9.90 Å². The molecule has 2 aromatic rings. The van der Waals surface area contributed by atoms with Gasteiger partial charge in [-0.3, -0.25) is 9.69 Å². The summed E-state index contributed by atoms with van der Waals surface area (Å²) in [4.78, 5) is 13.9. The maximum Gasteiger partial charge on any atom is 0.307 e. The lowest BCUT2D eigenvalue weighted by molar-refractivity contribution is -0.143. The van der Waals surface area contributed by atoms with Gasteiger partial charge in [-0.25, -0.2) is 0 Å². The van der Waals surface area contributed by atoms with Crippen molar-refractivity contribution >= 4 is 17.6 Å². The Bertz CT molecular complexity index is 925. The van der Waals surface area contributed by atoms with E-state index in [0.717, 1.165) is 24.1 Å². The number of piperidine rings is 1. The number of likely N-dealkylation sites (tertiary alicyclic amines) is 1. The Kier molecular flexibility index (Phi) is 8.10. The van der Waals surface area contributed by atoms with Gasteiger partial charge >= 0.3 is 5.97 Å². The third-order valence-electron chi connectivity index (χ3n) is 5.74. The maximum absolute atomic E-state index is 11.8. The highest BCUT2D eigenvalue weighted by molar-refractivity contribution is 6.30. The molecule has 174 valence electrons. The molecule has 3 rings (SSSR count). The van der Waals surface area contributed by atoms with Gasteiger partial charge in [-0.2, -0.15) is 0 Å². The molecule has 1 saturated heterocycles. The highest BCUT2D eigenvalue weighted by atomic mass is 35.5. The van der Waals surface area contributed by atoms with Crippen LogP contribution in [0, 0.1) is 5.92 Å². The predicted octanol–water partition coefficient (Wildman–Crippen LogP) is 4.65. The number of hydrogen-bond acceptors (Lipinski definition) is 6. The average molecular weight is 464 g/mol. The predicted molar refractivity (Wildman–Crippen MR) is 122 cm³/mol. The first-order valence-electron chi connectivity index (χ1n) is 10.6. The second-order valence-corrected chi connectivity index (χ2v) is 8.09. The van der Waals surface area contributed by atoms with Crippen molar-refractivity contribution in [1.29, 1.82) is 0 Å². The molecular weight excluding hydrogens is 434 g/mol. The second kappa shape index (κ2) is 10.8. The standard InChI is InChI=1S/C24H30ClNO6/c1-5-32-19-9-8-17(25)13-18(19)22(26-10-6-7-15(14-26)24(27)28)16-11-20(29-2)23(31-4)21(12-16)30-3/h8-9,11-13,15,22H,5-7,10,14H2,1-4H3,(H,27,28). The number of carboxylic acid groups (broad SMARTS) is 1. The van der Waals surface area contributed by atoms with Gasteiger partial charge in [0.15, 0.2) is 11.5 Å². The van der Waals surface area contributed by atoms with E-state index in [1.807, 2.05) is 31.2 Å². The first-order chi connectivity index (χ1) is 15.4. The molecule has 2 atom stereocenters. The lowest BCUT2D eigenvalue weighted by atomic mass is 9.90. The molecule has 2 unspecified atom stereocenters. The number of rotatable bonds is 9. The first kappa shape index (κ1) is 24.0. The summed E-state index contributed by atoms with van der Waals surface area (Å²) < 4.78 is 22.6. The SMILES string of the molecule is CCOc1ccc(Cl)cc1C(c1cc(OC)c(OC)c(OC)c1)N1CCCC(C(=O)O)C1. The fraction of sp³-hybridized carbons (Fsp3) is 0.458. The normalized spacial score (nSPS) is 17.5. The minimum Gasteiger partial charge on any atom is -0.494 e. The van der Waals surface area contributed by atoms with Gasteiger partial charge < -0.3 is 24.1 Å². The van der Waals surface area contributed by atoms with E-state index in [4.69, 9.17) is 30.5 Å². The van der Waals surface area contributed by atoms with Crippen LogP contribution in [0.25, 0.3) is 0 Å². The van der Waals surface area contributed by atoms with E-state index in [-0.39, 0.29) is 6.04 Å². The van der Waals surface area contributed by atoms with Gasteiger partial charge in [-0.1, -0.05) is 11.6 Å². The zero-order valence-electron chi connectivity index (χ0n) is 18.9. The minimum atomic E-state index is -0.783. The first-order valence-corrected chi connectivity index (χ1v) is 11.0. The van der Waals surface area contributed by atoms with Crippen molar-refractivity contribution in [3.63, 3.8) is 0 Å². The molecule has 0 saturated carbocycles. The summed E-state index contributed by atoms with van der Waals surface area (Å²) in [6.45, 7) is 3.57. The molecule has 1 fully saturated rings. The number of methoxy groups -OCH3 is 3. The molecule has 0 aromatic heterocycles. The van der Waals surface area contributed by atoms with Crippen LogP contribution >= 0.6 is 11.6 Å². The molecule has 0 bridgehead atoms. The van der Waals surface area contributed by atoms with E-state index in [0.29, 0.717) is 47.6 Å². The van der Waals surface area contributed by atoms with Crippen molar-refractivity contribution in [2.75, 3.05) is 41.0 Å². The van der Waals surface area contributed by atoms with Crippen molar-refractivity contribution in [1.82, 2.24) is 4.90 Å². The Labute approximate surface area is 193 Å². The molecule has 0 radical (unpaired) electrons. The van der Waals surface area contributed by atoms with Gasteiger partial charge in [0.2, 0.25) is 5.75 Å². The van der Waals surface area contributed by atoms with Crippen molar-refractivity contribution in [3.05, 3.63) is 46.5 Å². The third kappa shape index (κ3) is 5.05. The van der Waals surface area contributed by atoms with Crippen LogP contribution in [-0.4, -0.2) is 57.0 Å². The fourth-order valence-corrected chi connectivity index (χ4v) is 4.49. The Morgan fingerprint density at radius 2 is 1.81 bits per heavy atom. The van der Waals surface area contributed by atoms with Gasteiger partial charge in [-0.15, -0.1) is 0 Å². The Morgan fingerprint density at radius 3 is 2.38 bits per heavy atom. The van der Waals surface area contributed by atoms with E-state index in [1.54, 1.807) is 27.4 Å². The van der Waals surface area contributed by atoms with E-state index < -0.39 is 11.9 Å². The van der Waals surface area contributed by atoms with Gasteiger partial charge in [0.25, 0.3) is 0 Å². The number of carbonyl (C=O) groups is 1. The van der Waals surface area contributed by atoms with E-state index >= 15 is 0 Å². The fourth-order valence-electron chi connectivity index (χ4n) is 4.31. The molecule has 32 heavy (non-hydrogen) atoms. The molecule has 1 aliphatic rings. The molecule has 1 N–H and O–H groups in total. The Morgan fingerprint density at radius 1 is 1.12 bits per heavy atom. The molecule has 0 aliphatic carbocycles. The van der Waals surface area contributed by atoms with E-state index in [2.05, 4.69) is 4.90 Å².